The topological polar surface area (TPSA) is 83.9 Å². The quantitative estimate of drug-likeness (QED) is 0.432. The Bertz CT molecular complexity index is 925. The summed E-state index contributed by atoms with van der Waals surface area (Å²) < 4.78 is 18.4. The van der Waals surface area contributed by atoms with Crippen LogP contribution in [0.2, 0.25) is 0 Å². The van der Waals surface area contributed by atoms with Crippen molar-refractivity contribution in [3.8, 4) is 0 Å². The molecule has 0 aromatic heterocycles. The number of piperidine rings is 1. The van der Waals surface area contributed by atoms with Gasteiger partial charge >= 0.3 is 17.8 Å². The molecule has 0 bridgehead atoms. The van der Waals surface area contributed by atoms with Crippen molar-refractivity contribution in [3.63, 3.8) is 0 Å². The molecule has 7 nitrogen and oxygen atoms in total. The van der Waals surface area contributed by atoms with Gasteiger partial charge in [0.15, 0.2) is 0 Å². The molecule has 2 aromatic carbocycles. The van der Waals surface area contributed by atoms with Gasteiger partial charge in [-0.05, 0) is 36.2 Å². The fourth-order valence-electron chi connectivity index (χ4n) is 3.95. The highest BCUT2D eigenvalue weighted by atomic mass is 19.1. The summed E-state index contributed by atoms with van der Waals surface area (Å²) in [7, 11) is 1.87. The molecule has 0 spiro atoms. The number of halogens is 1. The van der Waals surface area contributed by atoms with Crippen LogP contribution in [0.1, 0.15) is 28.8 Å². The number of likely N-dealkylation sites (N-methyl/N-ethyl adjacent to an activating group) is 1. The lowest BCUT2D eigenvalue weighted by molar-refractivity contribution is -0.966. The van der Waals surface area contributed by atoms with Crippen molar-refractivity contribution < 1.29 is 33.2 Å². The molecule has 164 valence electrons. The van der Waals surface area contributed by atoms with Gasteiger partial charge in [0, 0.05) is 19.9 Å². The molecule has 1 fully saturated rings. The second-order valence-electron chi connectivity index (χ2n) is 7.71. The highest BCUT2D eigenvalue weighted by Crippen LogP contribution is 2.27. The second kappa shape index (κ2) is 9.80. The van der Waals surface area contributed by atoms with Gasteiger partial charge in [-0.2, -0.15) is 9.60 Å². The van der Waals surface area contributed by atoms with Gasteiger partial charge in [-0.1, -0.05) is 30.3 Å². The van der Waals surface area contributed by atoms with Gasteiger partial charge in [0.1, 0.15) is 25.0 Å². The van der Waals surface area contributed by atoms with Crippen LogP contribution in [0.15, 0.2) is 54.6 Å². The molecule has 31 heavy (non-hydrogen) atoms. The molecule has 0 saturated carbocycles. The van der Waals surface area contributed by atoms with Crippen LogP contribution in [0, 0.1) is 5.82 Å². The Balaban J connectivity index is 1.78. The summed E-state index contributed by atoms with van der Waals surface area (Å²) in [5.41, 5.74) is 1.54. The van der Waals surface area contributed by atoms with Crippen LogP contribution >= 0.6 is 0 Å². The highest BCUT2D eigenvalue weighted by molar-refractivity contribution is 6.28. The maximum absolute atomic E-state index is 13.5. The molecule has 1 aliphatic rings. The number of benzene rings is 2. The largest absolute Gasteiger partial charge is 0.473 e. The first kappa shape index (κ1) is 22.6. The van der Waals surface area contributed by atoms with Gasteiger partial charge in [-0.25, -0.2) is 18.8 Å². The predicted octanol–water partition coefficient (Wildman–Crippen LogP) is 2.66. The van der Waals surface area contributed by atoms with Gasteiger partial charge in [0.25, 0.3) is 0 Å². The summed E-state index contributed by atoms with van der Waals surface area (Å²) in [6, 6.07) is 15.4. The maximum Gasteiger partial charge on any atom is 0.417 e. The summed E-state index contributed by atoms with van der Waals surface area (Å²) >= 11 is 0. The SMILES string of the molecule is CN(CCc1ccccc1)[N+]1(C(=O)c2ccc(F)cc2)CCC(OC(=O)C(=O)O)CC1. The van der Waals surface area contributed by atoms with Gasteiger partial charge in [-0.3, -0.25) is 0 Å². The Kier molecular flexibility index (Phi) is 7.14. The molecule has 1 heterocycles. The zero-order valence-corrected chi connectivity index (χ0v) is 17.4. The van der Waals surface area contributed by atoms with Crippen LogP contribution in [0.25, 0.3) is 0 Å². The van der Waals surface area contributed by atoms with Gasteiger partial charge in [0.2, 0.25) is 0 Å². The number of hydrogen-bond donors (Lipinski definition) is 1. The molecule has 1 saturated heterocycles. The first-order valence-electron chi connectivity index (χ1n) is 10.2. The number of likely N-dealkylation sites (tertiary alicyclic amines) is 1. The number of ether oxygens (including phenoxy) is 1. The molecule has 0 unspecified atom stereocenters. The first-order valence-corrected chi connectivity index (χ1v) is 10.2. The van der Waals surface area contributed by atoms with Gasteiger partial charge < -0.3 is 9.84 Å². The molecular weight excluding hydrogens is 403 g/mol. The molecule has 1 amide bonds. The lowest BCUT2D eigenvalue weighted by Crippen LogP contribution is -2.66. The minimum absolute atomic E-state index is 0.000409. The number of carboxylic acid groups (broad SMARTS) is 1. The summed E-state index contributed by atoms with van der Waals surface area (Å²) in [6.07, 6.45) is 0.882. The van der Waals surface area contributed by atoms with Crippen LogP contribution < -0.4 is 0 Å². The zero-order valence-electron chi connectivity index (χ0n) is 17.4. The van der Waals surface area contributed by atoms with Crippen molar-refractivity contribution in [3.05, 3.63) is 71.5 Å². The van der Waals surface area contributed by atoms with E-state index in [-0.39, 0.29) is 10.5 Å². The fraction of sp³-hybridized carbons (Fsp3) is 0.348. The van der Waals surface area contributed by atoms with Crippen LogP contribution in [-0.4, -0.2) is 65.3 Å². The standard InChI is InChI=1S/C23H25FN2O5/c1-25(14-11-17-5-3-2-4-6-17)26(21(27)18-7-9-19(24)10-8-18)15-12-20(13-16-26)31-23(30)22(28)29/h2-10,20H,11-16H2,1H3/p+1. The maximum atomic E-state index is 13.5. The molecule has 0 radical (unpaired) electrons. The molecule has 2 aromatic rings. The normalized spacial score (nSPS) is 20.9. The van der Waals surface area contributed by atoms with E-state index in [2.05, 4.69) is 0 Å². The number of quaternary nitrogens is 1. The van der Waals surface area contributed by atoms with Crippen LogP contribution in [0.3, 0.4) is 0 Å². The van der Waals surface area contributed by atoms with E-state index < -0.39 is 23.9 Å². The summed E-state index contributed by atoms with van der Waals surface area (Å²) in [5, 5.41) is 10.7. The molecular formula is C23H26FN2O5+. The van der Waals surface area contributed by atoms with Crippen molar-refractivity contribution in [2.24, 2.45) is 0 Å². The van der Waals surface area contributed by atoms with Gasteiger partial charge in [-0.15, -0.1) is 0 Å². The molecule has 1 aliphatic heterocycles. The van der Waals surface area contributed by atoms with E-state index in [0.29, 0.717) is 38.0 Å². The molecule has 0 aliphatic carbocycles. The number of carboxylic acids is 1. The van der Waals surface area contributed by atoms with Crippen LogP contribution in [0.4, 0.5) is 4.39 Å². The smallest absolute Gasteiger partial charge is 0.417 e. The zero-order chi connectivity index (χ0) is 22.4. The molecule has 8 heteroatoms. The second-order valence-corrected chi connectivity index (χ2v) is 7.71. The Hall–Kier alpha value is -3.10. The highest BCUT2D eigenvalue weighted by Gasteiger charge is 2.46. The Labute approximate surface area is 180 Å². The minimum Gasteiger partial charge on any atom is -0.473 e. The van der Waals surface area contributed by atoms with Crippen LogP contribution in [-0.2, 0) is 20.7 Å². The van der Waals surface area contributed by atoms with E-state index >= 15 is 0 Å². The Morgan fingerprint density at radius 2 is 1.68 bits per heavy atom. The van der Waals surface area contributed by atoms with E-state index in [1.54, 1.807) is 0 Å². The van der Waals surface area contributed by atoms with E-state index in [0.717, 1.165) is 12.0 Å². The average Bonchev–Trinajstić information content (AvgIpc) is 2.78. The average molecular weight is 429 g/mol. The number of amides is 1. The molecule has 0 atom stereocenters. The summed E-state index contributed by atoms with van der Waals surface area (Å²) in [4.78, 5) is 35.7. The predicted molar refractivity (Wildman–Crippen MR) is 110 cm³/mol. The third-order valence-corrected chi connectivity index (χ3v) is 5.78. The Morgan fingerprint density at radius 1 is 1.06 bits per heavy atom. The van der Waals surface area contributed by atoms with Crippen molar-refractivity contribution in [1.29, 1.82) is 0 Å². The van der Waals surface area contributed by atoms with Crippen molar-refractivity contribution >= 4 is 17.8 Å². The van der Waals surface area contributed by atoms with E-state index in [1.807, 2.05) is 42.4 Å². The number of aliphatic carboxylic acids is 1. The third kappa shape index (κ3) is 5.34. The van der Waals surface area contributed by atoms with E-state index in [9.17, 15) is 18.8 Å². The van der Waals surface area contributed by atoms with Gasteiger partial charge in [0.05, 0.1) is 12.1 Å². The third-order valence-electron chi connectivity index (χ3n) is 5.78. The van der Waals surface area contributed by atoms with E-state index in [4.69, 9.17) is 9.84 Å². The number of carbonyl (C=O) groups excluding carboxylic acids is 2. The lowest BCUT2D eigenvalue weighted by Gasteiger charge is -2.45. The summed E-state index contributed by atoms with van der Waals surface area (Å²) in [5.74, 6) is -3.50. The fourth-order valence-corrected chi connectivity index (χ4v) is 3.95. The number of carbonyl (C=O) groups is 3. The number of rotatable bonds is 6. The minimum atomic E-state index is -1.63. The molecule has 3 rings (SSSR count). The van der Waals surface area contributed by atoms with E-state index in [1.165, 1.54) is 24.3 Å². The lowest BCUT2D eigenvalue weighted by atomic mass is 10.0. The van der Waals surface area contributed by atoms with Crippen molar-refractivity contribution in [1.82, 2.24) is 5.01 Å². The molecule has 1 N–H and O–H groups in total. The monoisotopic (exact) mass is 429 g/mol. The van der Waals surface area contributed by atoms with Crippen molar-refractivity contribution in [2.45, 2.75) is 25.4 Å². The van der Waals surface area contributed by atoms with Crippen molar-refractivity contribution in [2.75, 3.05) is 26.7 Å². The first-order chi connectivity index (χ1) is 14.8. The summed E-state index contributed by atoms with van der Waals surface area (Å²) in [6.45, 7) is 1.30. The van der Waals surface area contributed by atoms with Crippen LogP contribution in [0.5, 0.6) is 0 Å². The Morgan fingerprint density at radius 3 is 2.26 bits per heavy atom. The number of nitrogens with zero attached hydrogens (tertiary/aromatic N) is 2. The number of esters is 1. The number of hydrogen-bond acceptors (Lipinski definition) is 5.